The van der Waals surface area contributed by atoms with Crippen LogP contribution in [0.15, 0.2) is 60.8 Å². The molecular weight excluding hydrogens is 527 g/mol. The molecule has 9 heteroatoms. The van der Waals surface area contributed by atoms with Crippen LogP contribution in [-0.4, -0.2) is 68.5 Å². The molecule has 0 saturated carbocycles. The Kier molecular flexibility index (Phi) is 22.8. The highest BCUT2D eigenvalue weighted by Crippen LogP contribution is 2.38. The quantitative estimate of drug-likeness (QED) is 0.0648. The lowest BCUT2D eigenvalue weighted by Crippen LogP contribution is -2.46. The zero-order valence-electron chi connectivity index (χ0n) is 25.5. The van der Waals surface area contributed by atoms with Crippen molar-refractivity contribution in [1.29, 1.82) is 0 Å². The van der Waals surface area contributed by atoms with Crippen molar-refractivity contribution < 1.29 is 32.9 Å². The van der Waals surface area contributed by atoms with Gasteiger partial charge in [0.25, 0.3) is 7.82 Å². The first-order valence-electron chi connectivity index (χ1n) is 14.6. The van der Waals surface area contributed by atoms with E-state index in [1.807, 2.05) is 33.3 Å². The summed E-state index contributed by atoms with van der Waals surface area (Å²) in [6, 6.07) is -0.851. The summed E-state index contributed by atoms with van der Waals surface area (Å²) in [6.07, 6.45) is 27.6. The van der Waals surface area contributed by atoms with Crippen molar-refractivity contribution in [2.45, 2.75) is 90.2 Å². The molecule has 0 aromatic heterocycles. The predicted octanol–water partition coefficient (Wildman–Crippen LogP) is 5.76. The third kappa shape index (κ3) is 25.2. The number of rotatable bonds is 24. The number of aliphatic hydroxyl groups is 1. The molecule has 0 saturated heterocycles. The molecule has 3 atom stereocenters. The molecule has 0 aromatic carbocycles. The van der Waals surface area contributed by atoms with Crippen molar-refractivity contribution in [2.24, 2.45) is 0 Å². The molecule has 0 fully saturated rings. The van der Waals surface area contributed by atoms with Crippen molar-refractivity contribution >= 4 is 13.7 Å². The first-order chi connectivity index (χ1) is 19.0. The molecule has 3 unspecified atom stereocenters. The first-order valence-corrected chi connectivity index (χ1v) is 16.1. The highest BCUT2D eigenvalue weighted by atomic mass is 31.2. The Bertz CT molecular complexity index is 845. The second kappa shape index (κ2) is 23.9. The molecular formula is C31H55N2O6P. The minimum absolute atomic E-state index is 0.00950. The van der Waals surface area contributed by atoms with Crippen molar-refractivity contribution in [3.63, 3.8) is 0 Å². The van der Waals surface area contributed by atoms with E-state index in [9.17, 15) is 19.4 Å². The Balaban J connectivity index is 4.55. The fourth-order valence-electron chi connectivity index (χ4n) is 3.40. The summed E-state index contributed by atoms with van der Waals surface area (Å²) in [5.41, 5.74) is 0. The van der Waals surface area contributed by atoms with Gasteiger partial charge in [0.2, 0.25) is 5.91 Å². The number of nitrogens with zero attached hydrogens (tertiary/aromatic N) is 1. The fraction of sp³-hybridized carbons (Fsp3) is 0.645. The molecule has 8 nitrogen and oxygen atoms in total. The zero-order valence-corrected chi connectivity index (χ0v) is 26.4. The Morgan fingerprint density at radius 3 is 1.90 bits per heavy atom. The molecule has 0 aliphatic rings. The molecule has 0 aromatic rings. The number of carbonyl (C=O) groups is 1. The Hall–Kier alpha value is -1.80. The van der Waals surface area contributed by atoms with E-state index in [-0.39, 0.29) is 25.5 Å². The standard InChI is InChI=1S/C31H55N2O6P/c1-6-8-10-11-12-13-14-15-16-17-18-19-20-21-23-25-31(35)32-29(30(34)24-22-9-7-2)28-39-40(36,37)38-27-26-33(3,4)5/h8,10,12-13,15-16,18-19,21,23,29-30,34H,6-7,9,11,14,17,20,22,24-28H2,1-5H3,(H-,32,35,36,37)/b10-8-,13-12-,16-15-,19-18-,23-21-. The number of amides is 1. The highest BCUT2D eigenvalue weighted by molar-refractivity contribution is 7.45. The molecule has 0 bridgehead atoms. The van der Waals surface area contributed by atoms with Gasteiger partial charge in [0, 0.05) is 6.42 Å². The van der Waals surface area contributed by atoms with Gasteiger partial charge in [-0.15, -0.1) is 0 Å². The molecule has 0 aliphatic carbocycles. The van der Waals surface area contributed by atoms with Crippen LogP contribution in [0.2, 0.25) is 0 Å². The number of likely N-dealkylation sites (N-methyl/N-ethyl adjacent to an activating group) is 1. The number of allylic oxidation sites excluding steroid dienone is 9. The maximum Gasteiger partial charge on any atom is 0.268 e. The number of aliphatic hydroxyl groups excluding tert-OH is 1. The lowest BCUT2D eigenvalue weighted by molar-refractivity contribution is -0.870. The van der Waals surface area contributed by atoms with Crippen LogP contribution in [0.5, 0.6) is 0 Å². The van der Waals surface area contributed by atoms with Crippen LogP contribution in [0.1, 0.15) is 78.1 Å². The maximum absolute atomic E-state index is 12.5. The average Bonchev–Trinajstić information content (AvgIpc) is 2.88. The fourth-order valence-corrected chi connectivity index (χ4v) is 4.12. The number of nitrogens with one attached hydrogen (secondary N) is 1. The zero-order chi connectivity index (χ0) is 30.1. The lowest BCUT2D eigenvalue weighted by Gasteiger charge is -2.30. The van der Waals surface area contributed by atoms with Gasteiger partial charge in [0.05, 0.1) is 39.9 Å². The summed E-state index contributed by atoms with van der Waals surface area (Å²) in [7, 11) is 1.22. The number of unbranched alkanes of at least 4 members (excludes halogenated alkanes) is 2. The molecule has 230 valence electrons. The van der Waals surface area contributed by atoms with Gasteiger partial charge in [0.1, 0.15) is 13.2 Å². The Morgan fingerprint density at radius 2 is 1.40 bits per heavy atom. The summed E-state index contributed by atoms with van der Waals surface area (Å²) in [4.78, 5) is 24.7. The van der Waals surface area contributed by atoms with E-state index in [0.29, 0.717) is 23.9 Å². The Morgan fingerprint density at radius 1 is 0.875 bits per heavy atom. The summed E-state index contributed by atoms with van der Waals surface area (Å²) in [6.45, 7) is 4.29. The second-order valence-corrected chi connectivity index (χ2v) is 12.2. The van der Waals surface area contributed by atoms with Crippen LogP contribution in [0.25, 0.3) is 0 Å². The summed E-state index contributed by atoms with van der Waals surface area (Å²) in [5.74, 6) is -0.309. The van der Waals surface area contributed by atoms with Gasteiger partial charge in [-0.3, -0.25) is 9.36 Å². The van der Waals surface area contributed by atoms with E-state index in [1.54, 1.807) is 6.08 Å². The normalized spacial score (nSPS) is 16.1. The summed E-state index contributed by atoms with van der Waals surface area (Å²) in [5, 5.41) is 13.3. The molecule has 40 heavy (non-hydrogen) atoms. The van der Waals surface area contributed by atoms with Gasteiger partial charge in [-0.25, -0.2) is 0 Å². The summed E-state index contributed by atoms with van der Waals surface area (Å²) >= 11 is 0. The topological polar surface area (TPSA) is 108 Å². The van der Waals surface area contributed by atoms with Crippen LogP contribution < -0.4 is 10.2 Å². The molecule has 0 spiro atoms. The number of hydrogen-bond acceptors (Lipinski definition) is 6. The predicted molar refractivity (Wildman–Crippen MR) is 164 cm³/mol. The monoisotopic (exact) mass is 582 g/mol. The van der Waals surface area contributed by atoms with Gasteiger partial charge in [0.15, 0.2) is 0 Å². The number of quaternary nitrogens is 1. The van der Waals surface area contributed by atoms with E-state index in [1.165, 1.54) is 0 Å². The molecule has 2 N–H and O–H groups in total. The van der Waals surface area contributed by atoms with Crippen LogP contribution in [0, 0.1) is 0 Å². The van der Waals surface area contributed by atoms with Crippen molar-refractivity contribution in [1.82, 2.24) is 5.32 Å². The Labute approximate surface area is 243 Å². The van der Waals surface area contributed by atoms with E-state index in [2.05, 4.69) is 61.7 Å². The third-order valence-electron chi connectivity index (χ3n) is 5.80. The summed E-state index contributed by atoms with van der Waals surface area (Å²) < 4.78 is 22.7. The van der Waals surface area contributed by atoms with Gasteiger partial charge in [-0.2, -0.15) is 0 Å². The number of hydrogen-bond donors (Lipinski definition) is 2. The van der Waals surface area contributed by atoms with Crippen molar-refractivity contribution in [3.05, 3.63) is 60.8 Å². The van der Waals surface area contributed by atoms with Crippen LogP contribution in [0.3, 0.4) is 0 Å². The van der Waals surface area contributed by atoms with Gasteiger partial charge in [-0.1, -0.05) is 93.9 Å². The molecule has 0 aliphatic heterocycles. The van der Waals surface area contributed by atoms with Crippen molar-refractivity contribution in [2.75, 3.05) is 40.9 Å². The van der Waals surface area contributed by atoms with Gasteiger partial charge >= 0.3 is 0 Å². The third-order valence-corrected chi connectivity index (χ3v) is 6.76. The molecule has 0 rings (SSSR count). The lowest BCUT2D eigenvalue weighted by atomic mass is 10.0. The van der Waals surface area contributed by atoms with Crippen LogP contribution in [0.4, 0.5) is 0 Å². The van der Waals surface area contributed by atoms with Gasteiger partial charge in [-0.05, 0) is 38.5 Å². The SMILES string of the molecule is CC/C=C\C/C=C\C/C=C\C/C=C\C/C=C\CC(=O)NC(COP(=O)([O-])OCC[N+](C)(C)C)C(O)CCCCC. The second-order valence-electron chi connectivity index (χ2n) is 10.7. The number of phosphoric ester groups is 1. The number of carbonyl (C=O) groups excluding carboxylic acids is 1. The largest absolute Gasteiger partial charge is 0.756 e. The van der Waals surface area contributed by atoms with E-state index in [4.69, 9.17) is 9.05 Å². The number of phosphoric acid groups is 1. The molecule has 0 heterocycles. The van der Waals surface area contributed by atoms with Crippen LogP contribution in [-0.2, 0) is 18.4 Å². The minimum atomic E-state index is -4.56. The first kappa shape index (κ1) is 38.2. The average molecular weight is 583 g/mol. The van der Waals surface area contributed by atoms with E-state index < -0.39 is 20.0 Å². The van der Waals surface area contributed by atoms with E-state index >= 15 is 0 Å². The molecule has 0 radical (unpaired) electrons. The van der Waals surface area contributed by atoms with E-state index in [0.717, 1.165) is 44.9 Å². The smallest absolute Gasteiger partial charge is 0.268 e. The maximum atomic E-state index is 12.5. The molecule has 1 amide bonds. The van der Waals surface area contributed by atoms with Gasteiger partial charge < -0.3 is 28.8 Å². The van der Waals surface area contributed by atoms with Crippen molar-refractivity contribution in [3.8, 4) is 0 Å². The van der Waals surface area contributed by atoms with Crippen LogP contribution >= 0.6 is 7.82 Å². The highest BCUT2D eigenvalue weighted by Gasteiger charge is 2.24. The minimum Gasteiger partial charge on any atom is -0.756 e.